The Morgan fingerprint density at radius 2 is 2.00 bits per heavy atom. The van der Waals surface area contributed by atoms with Gasteiger partial charge in [-0.25, -0.2) is 0 Å². The molecule has 1 aliphatic carbocycles. The molecular formula is C15H22N4O. The van der Waals surface area contributed by atoms with Crippen LogP contribution in [0.15, 0.2) is 18.5 Å². The Kier molecular flexibility index (Phi) is 3.07. The maximum Gasteiger partial charge on any atom is 0.226 e. The van der Waals surface area contributed by atoms with Crippen LogP contribution in [-0.4, -0.2) is 42.0 Å². The first-order chi connectivity index (χ1) is 9.49. The van der Waals surface area contributed by atoms with Crippen molar-refractivity contribution in [2.75, 3.05) is 36.8 Å². The van der Waals surface area contributed by atoms with Gasteiger partial charge < -0.3 is 15.5 Å². The highest BCUT2D eigenvalue weighted by atomic mass is 16.2. The Balaban J connectivity index is 1.60. The first-order valence-corrected chi connectivity index (χ1v) is 7.22. The molecule has 1 amide bonds. The molecule has 0 radical (unpaired) electrons. The SMILES string of the molecule is CC1(C)CC1C(=O)N1CCN(c2ccncc2N)CC1. The van der Waals surface area contributed by atoms with Gasteiger partial charge >= 0.3 is 0 Å². The van der Waals surface area contributed by atoms with Crippen molar-refractivity contribution >= 4 is 17.3 Å². The van der Waals surface area contributed by atoms with Crippen LogP contribution in [0.2, 0.25) is 0 Å². The summed E-state index contributed by atoms with van der Waals surface area (Å²) in [4.78, 5) is 20.6. The summed E-state index contributed by atoms with van der Waals surface area (Å²) < 4.78 is 0. The fourth-order valence-corrected chi connectivity index (χ4v) is 2.96. The molecule has 1 aliphatic heterocycles. The number of hydrogen-bond donors (Lipinski definition) is 1. The van der Waals surface area contributed by atoms with E-state index < -0.39 is 0 Å². The molecule has 108 valence electrons. The van der Waals surface area contributed by atoms with Crippen molar-refractivity contribution in [3.8, 4) is 0 Å². The van der Waals surface area contributed by atoms with Crippen LogP contribution in [0.3, 0.4) is 0 Å². The molecule has 0 aromatic carbocycles. The fourth-order valence-electron chi connectivity index (χ4n) is 2.96. The monoisotopic (exact) mass is 274 g/mol. The van der Waals surface area contributed by atoms with E-state index in [0.29, 0.717) is 11.6 Å². The van der Waals surface area contributed by atoms with Crippen molar-refractivity contribution in [1.82, 2.24) is 9.88 Å². The van der Waals surface area contributed by atoms with Gasteiger partial charge in [-0.3, -0.25) is 9.78 Å². The van der Waals surface area contributed by atoms with E-state index in [2.05, 4.69) is 23.7 Å². The second-order valence-electron chi connectivity index (χ2n) is 6.49. The van der Waals surface area contributed by atoms with Crippen molar-refractivity contribution in [2.45, 2.75) is 20.3 Å². The number of hydrogen-bond acceptors (Lipinski definition) is 4. The van der Waals surface area contributed by atoms with Crippen LogP contribution >= 0.6 is 0 Å². The molecule has 2 N–H and O–H groups in total. The van der Waals surface area contributed by atoms with Crippen molar-refractivity contribution < 1.29 is 4.79 Å². The van der Waals surface area contributed by atoms with Gasteiger partial charge in [-0.2, -0.15) is 0 Å². The summed E-state index contributed by atoms with van der Waals surface area (Å²) in [5.74, 6) is 0.567. The lowest BCUT2D eigenvalue weighted by atomic mass is 10.1. The van der Waals surface area contributed by atoms with Crippen LogP contribution in [0.5, 0.6) is 0 Å². The average molecular weight is 274 g/mol. The van der Waals surface area contributed by atoms with Crippen LogP contribution in [0.4, 0.5) is 11.4 Å². The Morgan fingerprint density at radius 1 is 1.35 bits per heavy atom. The van der Waals surface area contributed by atoms with Gasteiger partial charge in [0.15, 0.2) is 0 Å². The Bertz CT molecular complexity index is 520. The number of nitrogens with zero attached hydrogens (tertiary/aromatic N) is 3. The zero-order chi connectivity index (χ0) is 14.3. The normalized spacial score (nSPS) is 24.6. The number of carbonyl (C=O) groups excluding carboxylic acids is 1. The number of nitrogens with two attached hydrogens (primary N) is 1. The highest BCUT2D eigenvalue weighted by molar-refractivity contribution is 5.83. The van der Waals surface area contributed by atoms with E-state index in [-0.39, 0.29) is 11.3 Å². The van der Waals surface area contributed by atoms with Gasteiger partial charge in [0.2, 0.25) is 5.91 Å². The molecule has 1 aromatic heterocycles. The molecule has 2 heterocycles. The molecule has 1 saturated carbocycles. The summed E-state index contributed by atoms with van der Waals surface area (Å²) in [5, 5.41) is 0. The van der Waals surface area contributed by atoms with Gasteiger partial charge in [0.25, 0.3) is 0 Å². The Labute approximate surface area is 119 Å². The number of anilines is 2. The fraction of sp³-hybridized carbons (Fsp3) is 0.600. The molecule has 1 saturated heterocycles. The Morgan fingerprint density at radius 3 is 2.55 bits per heavy atom. The van der Waals surface area contributed by atoms with Crippen LogP contribution in [0.25, 0.3) is 0 Å². The average Bonchev–Trinajstić information content (AvgIpc) is 3.08. The number of aromatic nitrogens is 1. The predicted octanol–water partition coefficient (Wildman–Crippen LogP) is 1.36. The minimum absolute atomic E-state index is 0.212. The van der Waals surface area contributed by atoms with Crippen LogP contribution in [-0.2, 0) is 4.79 Å². The Hall–Kier alpha value is -1.78. The first-order valence-electron chi connectivity index (χ1n) is 7.22. The van der Waals surface area contributed by atoms with Crippen molar-refractivity contribution in [3.63, 3.8) is 0 Å². The molecule has 3 rings (SSSR count). The van der Waals surface area contributed by atoms with Gasteiger partial charge in [0.1, 0.15) is 0 Å². The lowest BCUT2D eigenvalue weighted by Crippen LogP contribution is -2.49. The minimum Gasteiger partial charge on any atom is -0.396 e. The zero-order valence-corrected chi connectivity index (χ0v) is 12.2. The van der Waals surface area contributed by atoms with Gasteiger partial charge in [-0.15, -0.1) is 0 Å². The summed E-state index contributed by atoms with van der Waals surface area (Å²) in [6.45, 7) is 7.59. The second-order valence-corrected chi connectivity index (χ2v) is 6.49. The summed E-state index contributed by atoms with van der Waals surface area (Å²) in [7, 11) is 0. The molecule has 0 bridgehead atoms. The van der Waals surface area contributed by atoms with E-state index in [4.69, 9.17) is 5.73 Å². The van der Waals surface area contributed by atoms with E-state index in [1.165, 1.54) is 0 Å². The zero-order valence-electron chi connectivity index (χ0n) is 12.2. The summed E-state index contributed by atoms with van der Waals surface area (Å²) in [6.07, 6.45) is 4.47. The smallest absolute Gasteiger partial charge is 0.226 e. The topological polar surface area (TPSA) is 62.5 Å². The maximum absolute atomic E-state index is 12.4. The van der Waals surface area contributed by atoms with Crippen molar-refractivity contribution in [1.29, 1.82) is 0 Å². The molecule has 5 heteroatoms. The molecule has 5 nitrogen and oxygen atoms in total. The third-order valence-corrected chi connectivity index (χ3v) is 4.57. The van der Waals surface area contributed by atoms with Gasteiger partial charge in [-0.1, -0.05) is 13.8 Å². The maximum atomic E-state index is 12.4. The predicted molar refractivity (Wildman–Crippen MR) is 79.3 cm³/mol. The third kappa shape index (κ3) is 2.32. The molecule has 1 atom stereocenters. The summed E-state index contributed by atoms with van der Waals surface area (Å²) >= 11 is 0. The van der Waals surface area contributed by atoms with Gasteiger partial charge in [-0.05, 0) is 17.9 Å². The van der Waals surface area contributed by atoms with Gasteiger partial charge in [0.05, 0.1) is 17.6 Å². The number of amides is 1. The summed E-state index contributed by atoms with van der Waals surface area (Å²) in [6, 6.07) is 1.94. The van der Waals surface area contributed by atoms with Crippen LogP contribution < -0.4 is 10.6 Å². The molecular weight excluding hydrogens is 252 g/mol. The second kappa shape index (κ2) is 4.65. The number of nitrogen functional groups attached to an aromatic ring is 1. The van der Waals surface area contributed by atoms with Crippen LogP contribution in [0.1, 0.15) is 20.3 Å². The minimum atomic E-state index is 0.212. The van der Waals surface area contributed by atoms with E-state index >= 15 is 0 Å². The first kappa shape index (κ1) is 13.2. The molecule has 20 heavy (non-hydrogen) atoms. The molecule has 1 aromatic rings. The molecule has 2 aliphatic rings. The van der Waals surface area contributed by atoms with E-state index in [1.54, 1.807) is 12.4 Å². The van der Waals surface area contributed by atoms with Crippen molar-refractivity contribution in [3.05, 3.63) is 18.5 Å². The lowest BCUT2D eigenvalue weighted by molar-refractivity contribution is -0.133. The van der Waals surface area contributed by atoms with Crippen molar-refractivity contribution in [2.24, 2.45) is 11.3 Å². The highest BCUT2D eigenvalue weighted by Gasteiger charge is 2.52. The standard InChI is InChI=1S/C15H22N4O/c1-15(2)9-11(15)14(20)19-7-5-18(6-8-19)13-3-4-17-10-12(13)16/h3-4,10-11H,5-9,16H2,1-2H3. The van der Waals surface area contributed by atoms with E-state index in [9.17, 15) is 4.79 Å². The molecule has 2 fully saturated rings. The van der Waals surface area contributed by atoms with E-state index in [1.807, 2.05) is 11.0 Å². The summed E-state index contributed by atoms with van der Waals surface area (Å²) in [5.41, 5.74) is 7.90. The third-order valence-electron chi connectivity index (χ3n) is 4.57. The van der Waals surface area contributed by atoms with Gasteiger partial charge in [0, 0.05) is 38.3 Å². The highest BCUT2D eigenvalue weighted by Crippen LogP contribution is 2.52. The number of carbonyl (C=O) groups is 1. The van der Waals surface area contributed by atoms with Crippen LogP contribution in [0, 0.1) is 11.3 Å². The van der Waals surface area contributed by atoms with E-state index in [0.717, 1.165) is 38.3 Å². The number of pyridine rings is 1. The largest absolute Gasteiger partial charge is 0.396 e. The molecule has 1 unspecified atom stereocenters. The molecule has 0 spiro atoms. The quantitative estimate of drug-likeness (QED) is 0.884. The number of piperazine rings is 1. The number of rotatable bonds is 2. The lowest BCUT2D eigenvalue weighted by Gasteiger charge is -2.36.